The first-order valence-corrected chi connectivity index (χ1v) is 7.64. The highest BCUT2D eigenvalue weighted by atomic mass is 32.2. The molecule has 2 N–H and O–H groups in total. The fourth-order valence-corrected chi connectivity index (χ4v) is 1.99. The standard InChI is InChI=1S/C14H20N2O3S/c1-4-19-13(17)9-10(2)15-14(18)16-11-5-7-12(20-3)8-6-11/h5-8,10H,4,9H2,1-3H3,(H2,15,16,18). The van der Waals surface area contributed by atoms with Crippen molar-refractivity contribution in [3.63, 3.8) is 0 Å². The van der Waals surface area contributed by atoms with Gasteiger partial charge in [-0.15, -0.1) is 11.8 Å². The van der Waals surface area contributed by atoms with Gasteiger partial charge in [0.2, 0.25) is 0 Å². The maximum absolute atomic E-state index is 11.7. The number of rotatable bonds is 6. The molecule has 6 heteroatoms. The maximum Gasteiger partial charge on any atom is 0.319 e. The Hall–Kier alpha value is -1.69. The summed E-state index contributed by atoms with van der Waals surface area (Å²) in [5.74, 6) is -0.315. The van der Waals surface area contributed by atoms with Crippen molar-refractivity contribution in [2.24, 2.45) is 0 Å². The van der Waals surface area contributed by atoms with E-state index in [4.69, 9.17) is 4.74 Å². The Balaban J connectivity index is 2.40. The van der Waals surface area contributed by atoms with Crippen LogP contribution >= 0.6 is 11.8 Å². The minimum atomic E-state index is -0.335. The predicted molar refractivity (Wildman–Crippen MR) is 81.1 cm³/mol. The Kier molecular flexibility index (Phi) is 6.93. The monoisotopic (exact) mass is 296 g/mol. The molecule has 1 aromatic carbocycles. The Morgan fingerprint density at radius 1 is 1.30 bits per heavy atom. The largest absolute Gasteiger partial charge is 0.466 e. The topological polar surface area (TPSA) is 67.4 Å². The van der Waals surface area contributed by atoms with Crippen LogP contribution in [0.4, 0.5) is 10.5 Å². The second-order valence-electron chi connectivity index (χ2n) is 4.24. The minimum absolute atomic E-state index is 0.159. The van der Waals surface area contributed by atoms with Crippen molar-refractivity contribution in [1.82, 2.24) is 5.32 Å². The number of amides is 2. The third-order valence-corrected chi connectivity index (χ3v) is 3.25. The molecule has 1 rings (SSSR count). The van der Waals surface area contributed by atoms with E-state index in [2.05, 4.69) is 10.6 Å². The van der Waals surface area contributed by atoms with Crippen LogP contribution in [0.15, 0.2) is 29.2 Å². The van der Waals surface area contributed by atoms with Crippen LogP contribution in [0.3, 0.4) is 0 Å². The molecule has 0 heterocycles. The van der Waals surface area contributed by atoms with Gasteiger partial charge in [-0.25, -0.2) is 4.79 Å². The van der Waals surface area contributed by atoms with Gasteiger partial charge >= 0.3 is 12.0 Å². The molecule has 1 unspecified atom stereocenters. The summed E-state index contributed by atoms with van der Waals surface area (Å²) in [4.78, 5) is 24.1. The molecule has 0 aromatic heterocycles. The van der Waals surface area contributed by atoms with Gasteiger partial charge in [-0.2, -0.15) is 0 Å². The molecule has 0 spiro atoms. The highest BCUT2D eigenvalue weighted by Crippen LogP contribution is 2.17. The number of carbonyl (C=O) groups excluding carboxylic acids is 2. The first-order valence-electron chi connectivity index (χ1n) is 6.42. The van der Waals surface area contributed by atoms with E-state index in [0.29, 0.717) is 12.3 Å². The Bertz CT molecular complexity index is 448. The number of esters is 1. The minimum Gasteiger partial charge on any atom is -0.466 e. The normalized spacial score (nSPS) is 11.6. The van der Waals surface area contributed by atoms with Gasteiger partial charge in [0.1, 0.15) is 0 Å². The third-order valence-electron chi connectivity index (χ3n) is 2.50. The van der Waals surface area contributed by atoms with E-state index >= 15 is 0 Å². The number of thioether (sulfide) groups is 1. The Morgan fingerprint density at radius 2 is 1.95 bits per heavy atom. The zero-order valence-electron chi connectivity index (χ0n) is 11.9. The molecule has 0 saturated carbocycles. The van der Waals surface area contributed by atoms with Gasteiger partial charge in [0.05, 0.1) is 13.0 Å². The molecule has 20 heavy (non-hydrogen) atoms. The smallest absolute Gasteiger partial charge is 0.319 e. The fourth-order valence-electron chi connectivity index (χ4n) is 1.59. The summed E-state index contributed by atoms with van der Waals surface area (Å²) in [7, 11) is 0. The SMILES string of the molecule is CCOC(=O)CC(C)NC(=O)Nc1ccc(SC)cc1. The average molecular weight is 296 g/mol. The first-order chi connectivity index (χ1) is 9.55. The van der Waals surface area contributed by atoms with Crippen LogP contribution < -0.4 is 10.6 Å². The Morgan fingerprint density at radius 3 is 2.50 bits per heavy atom. The van der Waals surface area contributed by atoms with Crippen LogP contribution in [0.5, 0.6) is 0 Å². The van der Waals surface area contributed by atoms with E-state index < -0.39 is 0 Å². The van der Waals surface area contributed by atoms with Crippen LogP contribution in [0.25, 0.3) is 0 Å². The van der Waals surface area contributed by atoms with Gasteiger partial charge in [-0.3, -0.25) is 4.79 Å². The van der Waals surface area contributed by atoms with Crippen molar-refractivity contribution in [1.29, 1.82) is 0 Å². The summed E-state index contributed by atoms with van der Waals surface area (Å²) >= 11 is 1.64. The van der Waals surface area contributed by atoms with Crippen LogP contribution in [-0.2, 0) is 9.53 Å². The highest BCUT2D eigenvalue weighted by Gasteiger charge is 2.12. The van der Waals surface area contributed by atoms with Crippen LogP contribution in [0, 0.1) is 0 Å². The zero-order chi connectivity index (χ0) is 15.0. The maximum atomic E-state index is 11.7. The number of nitrogens with one attached hydrogen (secondary N) is 2. The lowest BCUT2D eigenvalue weighted by atomic mass is 10.2. The van der Waals surface area contributed by atoms with E-state index in [1.165, 1.54) is 0 Å². The van der Waals surface area contributed by atoms with Crippen LogP contribution in [-0.4, -0.2) is 30.9 Å². The number of anilines is 1. The lowest BCUT2D eigenvalue weighted by Crippen LogP contribution is -2.37. The van der Waals surface area contributed by atoms with E-state index in [9.17, 15) is 9.59 Å². The number of ether oxygens (including phenoxy) is 1. The summed E-state index contributed by atoms with van der Waals surface area (Å²) in [6, 6.07) is 6.92. The molecule has 0 aliphatic heterocycles. The van der Waals surface area contributed by atoms with E-state index in [-0.39, 0.29) is 24.5 Å². The molecule has 1 atom stereocenters. The molecule has 2 amide bonds. The summed E-state index contributed by atoms with van der Waals surface area (Å²) in [5.41, 5.74) is 0.712. The van der Waals surface area contributed by atoms with Gasteiger partial charge in [-0.05, 0) is 44.4 Å². The molecule has 110 valence electrons. The van der Waals surface area contributed by atoms with Gasteiger partial charge in [0, 0.05) is 16.6 Å². The number of hydrogen-bond donors (Lipinski definition) is 2. The highest BCUT2D eigenvalue weighted by molar-refractivity contribution is 7.98. The second-order valence-corrected chi connectivity index (χ2v) is 5.12. The van der Waals surface area contributed by atoms with Crippen molar-refractivity contribution in [2.75, 3.05) is 18.2 Å². The predicted octanol–water partition coefficient (Wildman–Crippen LogP) is 2.87. The number of benzene rings is 1. The zero-order valence-corrected chi connectivity index (χ0v) is 12.8. The van der Waals surface area contributed by atoms with Gasteiger partial charge in [0.15, 0.2) is 0 Å². The molecule has 5 nitrogen and oxygen atoms in total. The molecular weight excluding hydrogens is 276 g/mol. The van der Waals surface area contributed by atoms with Crippen LogP contribution in [0.1, 0.15) is 20.3 Å². The fraction of sp³-hybridized carbons (Fsp3) is 0.429. The van der Waals surface area contributed by atoms with Crippen molar-refractivity contribution < 1.29 is 14.3 Å². The molecule has 0 bridgehead atoms. The summed E-state index contributed by atoms with van der Waals surface area (Å²) < 4.78 is 4.82. The quantitative estimate of drug-likeness (QED) is 0.625. The molecule has 0 radical (unpaired) electrons. The summed E-state index contributed by atoms with van der Waals surface area (Å²) in [5, 5.41) is 5.41. The molecule has 0 fully saturated rings. The summed E-state index contributed by atoms with van der Waals surface area (Å²) in [6.07, 6.45) is 2.15. The van der Waals surface area contributed by atoms with Crippen LogP contribution in [0.2, 0.25) is 0 Å². The average Bonchev–Trinajstić information content (AvgIpc) is 2.39. The third kappa shape index (κ3) is 5.97. The van der Waals surface area contributed by atoms with E-state index in [1.54, 1.807) is 25.6 Å². The second kappa shape index (κ2) is 8.47. The number of carbonyl (C=O) groups is 2. The molecule has 0 saturated heterocycles. The lowest BCUT2D eigenvalue weighted by molar-refractivity contribution is -0.143. The van der Waals surface area contributed by atoms with Crippen molar-refractivity contribution in [3.8, 4) is 0 Å². The van der Waals surface area contributed by atoms with Crippen molar-refractivity contribution >= 4 is 29.4 Å². The summed E-state index contributed by atoms with van der Waals surface area (Å²) in [6.45, 7) is 3.85. The first kappa shape index (κ1) is 16.4. The van der Waals surface area contributed by atoms with Crippen molar-refractivity contribution in [3.05, 3.63) is 24.3 Å². The van der Waals surface area contributed by atoms with Gasteiger partial charge in [0.25, 0.3) is 0 Å². The Labute approximate surface area is 123 Å². The van der Waals surface area contributed by atoms with E-state index in [0.717, 1.165) is 4.90 Å². The van der Waals surface area contributed by atoms with Gasteiger partial charge < -0.3 is 15.4 Å². The van der Waals surface area contributed by atoms with Gasteiger partial charge in [-0.1, -0.05) is 0 Å². The molecule has 0 aliphatic rings. The van der Waals surface area contributed by atoms with Crippen molar-refractivity contribution in [2.45, 2.75) is 31.2 Å². The number of urea groups is 1. The molecule has 0 aliphatic carbocycles. The molecular formula is C14H20N2O3S. The number of hydrogen-bond acceptors (Lipinski definition) is 4. The molecule has 1 aromatic rings. The van der Waals surface area contributed by atoms with E-state index in [1.807, 2.05) is 30.5 Å². The lowest BCUT2D eigenvalue weighted by Gasteiger charge is -2.14.